The SMILES string of the molecule is Oc1cc(Br)ccc1/C=C/n1c(C(F)(F)F)n[nH]c1=S. The molecule has 0 saturated heterocycles. The highest BCUT2D eigenvalue weighted by atomic mass is 79.9. The largest absolute Gasteiger partial charge is 0.507 e. The van der Waals surface area contributed by atoms with E-state index in [0.717, 1.165) is 6.20 Å². The summed E-state index contributed by atoms with van der Waals surface area (Å²) in [4.78, 5) is 0. The number of halogens is 4. The quantitative estimate of drug-likeness (QED) is 0.789. The van der Waals surface area contributed by atoms with Gasteiger partial charge in [0.25, 0.3) is 0 Å². The Morgan fingerprint density at radius 1 is 1.40 bits per heavy atom. The lowest BCUT2D eigenvalue weighted by atomic mass is 10.2. The van der Waals surface area contributed by atoms with Gasteiger partial charge >= 0.3 is 6.18 Å². The average Bonchev–Trinajstić information content (AvgIpc) is 2.69. The molecule has 0 fully saturated rings. The van der Waals surface area contributed by atoms with E-state index >= 15 is 0 Å². The number of hydrogen-bond acceptors (Lipinski definition) is 3. The average molecular weight is 366 g/mol. The van der Waals surface area contributed by atoms with E-state index in [1.165, 1.54) is 12.1 Å². The van der Waals surface area contributed by atoms with Gasteiger partial charge in [0, 0.05) is 16.2 Å². The molecule has 2 rings (SSSR count). The predicted octanol–water partition coefficient (Wildman–Crippen LogP) is 4.06. The summed E-state index contributed by atoms with van der Waals surface area (Å²) in [5, 5.41) is 14.9. The van der Waals surface area contributed by atoms with Gasteiger partial charge in [0.2, 0.25) is 5.82 Å². The highest BCUT2D eigenvalue weighted by Gasteiger charge is 2.36. The van der Waals surface area contributed by atoms with Crippen molar-refractivity contribution in [1.82, 2.24) is 14.8 Å². The van der Waals surface area contributed by atoms with Gasteiger partial charge in [-0.05, 0) is 30.4 Å². The molecule has 2 aromatic rings. The lowest BCUT2D eigenvalue weighted by Gasteiger charge is -2.05. The van der Waals surface area contributed by atoms with Gasteiger partial charge < -0.3 is 5.11 Å². The van der Waals surface area contributed by atoms with Crippen LogP contribution in [-0.2, 0) is 6.18 Å². The van der Waals surface area contributed by atoms with Crippen molar-refractivity contribution in [3.63, 3.8) is 0 Å². The number of nitrogens with zero attached hydrogens (tertiary/aromatic N) is 2. The predicted molar refractivity (Wildman–Crippen MR) is 73.4 cm³/mol. The van der Waals surface area contributed by atoms with Gasteiger partial charge in [-0.25, -0.2) is 0 Å². The van der Waals surface area contributed by atoms with Crippen molar-refractivity contribution in [3.05, 3.63) is 38.8 Å². The fraction of sp³-hybridized carbons (Fsp3) is 0.0909. The number of aromatic hydroxyl groups is 1. The number of benzene rings is 1. The van der Waals surface area contributed by atoms with Crippen molar-refractivity contribution >= 4 is 40.4 Å². The number of phenolic OH excluding ortho intramolecular Hbond substituents is 1. The van der Waals surface area contributed by atoms with Gasteiger partial charge in [0.1, 0.15) is 5.75 Å². The summed E-state index contributed by atoms with van der Waals surface area (Å²) in [6.07, 6.45) is -2.22. The summed E-state index contributed by atoms with van der Waals surface area (Å²) < 4.78 is 39.2. The normalized spacial score (nSPS) is 12.2. The zero-order chi connectivity index (χ0) is 14.9. The van der Waals surface area contributed by atoms with Crippen molar-refractivity contribution in [2.24, 2.45) is 0 Å². The van der Waals surface area contributed by atoms with Crippen LogP contribution in [-0.4, -0.2) is 19.9 Å². The number of hydrogen-bond donors (Lipinski definition) is 2. The topological polar surface area (TPSA) is 53.8 Å². The Morgan fingerprint density at radius 2 is 2.10 bits per heavy atom. The van der Waals surface area contributed by atoms with Gasteiger partial charge in [0.15, 0.2) is 4.77 Å². The molecule has 1 heterocycles. The van der Waals surface area contributed by atoms with Crippen LogP contribution in [0.5, 0.6) is 5.75 Å². The van der Waals surface area contributed by atoms with E-state index in [2.05, 4.69) is 26.1 Å². The smallest absolute Gasteiger partial charge is 0.452 e. The molecule has 0 aliphatic rings. The molecule has 0 unspecified atom stereocenters. The van der Waals surface area contributed by atoms with Crippen molar-refractivity contribution < 1.29 is 18.3 Å². The van der Waals surface area contributed by atoms with Crippen LogP contribution in [0.1, 0.15) is 11.4 Å². The second-order valence-electron chi connectivity index (χ2n) is 3.74. The molecule has 4 nitrogen and oxygen atoms in total. The molecule has 0 aliphatic heterocycles. The Kier molecular flexibility index (Phi) is 4.00. The van der Waals surface area contributed by atoms with Crippen LogP contribution in [0.4, 0.5) is 13.2 Å². The molecule has 0 radical (unpaired) electrons. The third kappa shape index (κ3) is 3.10. The van der Waals surface area contributed by atoms with Gasteiger partial charge in [-0.2, -0.15) is 13.2 Å². The van der Waals surface area contributed by atoms with Gasteiger partial charge in [-0.3, -0.25) is 9.67 Å². The molecule has 9 heteroatoms. The summed E-state index contributed by atoms with van der Waals surface area (Å²) in [6.45, 7) is 0. The first-order valence-corrected chi connectivity index (χ1v) is 6.40. The van der Waals surface area contributed by atoms with E-state index < -0.39 is 12.0 Å². The molecular weight excluding hydrogens is 359 g/mol. The van der Waals surface area contributed by atoms with Gasteiger partial charge in [-0.15, -0.1) is 5.10 Å². The van der Waals surface area contributed by atoms with E-state index in [1.807, 2.05) is 0 Å². The van der Waals surface area contributed by atoms with E-state index in [0.29, 0.717) is 14.6 Å². The zero-order valence-electron chi connectivity index (χ0n) is 9.65. The van der Waals surface area contributed by atoms with Gasteiger partial charge in [0.05, 0.1) is 0 Å². The number of H-pyrrole nitrogens is 1. The number of phenols is 1. The van der Waals surface area contributed by atoms with Crippen molar-refractivity contribution in [2.75, 3.05) is 0 Å². The highest BCUT2D eigenvalue weighted by molar-refractivity contribution is 9.10. The van der Waals surface area contributed by atoms with Crippen molar-refractivity contribution in [1.29, 1.82) is 0 Å². The van der Waals surface area contributed by atoms with Crippen LogP contribution in [0.25, 0.3) is 12.3 Å². The second-order valence-corrected chi connectivity index (χ2v) is 5.04. The first-order valence-electron chi connectivity index (χ1n) is 5.20. The Hall–Kier alpha value is -1.61. The number of aromatic amines is 1. The van der Waals surface area contributed by atoms with E-state index in [-0.39, 0.29) is 10.5 Å². The van der Waals surface area contributed by atoms with Crippen LogP contribution in [0, 0.1) is 4.77 Å². The minimum Gasteiger partial charge on any atom is -0.507 e. The molecule has 1 aromatic heterocycles. The summed E-state index contributed by atoms with van der Waals surface area (Å²) in [5.74, 6) is -1.23. The molecule has 0 amide bonds. The van der Waals surface area contributed by atoms with Crippen LogP contribution < -0.4 is 0 Å². The Labute approximate surface area is 124 Å². The lowest BCUT2D eigenvalue weighted by Crippen LogP contribution is -2.12. The summed E-state index contributed by atoms with van der Waals surface area (Å²) in [5.41, 5.74) is 0.351. The number of nitrogens with one attached hydrogen (secondary N) is 1. The standard InChI is InChI=1S/C11H7BrF3N3OS/c12-7-2-1-6(8(19)5-7)3-4-18-9(11(13,14)15)16-17-10(18)20/h1-5,19H,(H,17,20)/b4-3+. The molecule has 20 heavy (non-hydrogen) atoms. The molecule has 0 aliphatic carbocycles. The zero-order valence-corrected chi connectivity index (χ0v) is 12.1. The van der Waals surface area contributed by atoms with Crippen LogP contribution in [0.3, 0.4) is 0 Å². The fourth-order valence-electron chi connectivity index (χ4n) is 1.46. The van der Waals surface area contributed by atoms with Crippen molar-refractivity contribution in [2.45, 2.75) is 6.18 Å². The maximum Gasteiger partial charge on any atom is 0.452 e. The summed E-state index contributed by atoms with van der Waals surface area (Å²) in [6, 6.07) is 4.63. The molecule has 0 saturated carbocycles. The number of rotatable bonds is 2. The maximum atomic E-state index is 12.7. The Morgan fingerprint density at radius 3 is 2.70 bits per heavy atom. The fourth-order valence-corrected chi connectivity index (χ4v) is 2.00. The lowest BCUT2D eigenvalue weighted by molar-refractivity contribution is -0.146. The summed E-state index contributed by atoms with van der Waals surface area (Å²) in [7, 11) is 0. The molecular formula is C11H7BrF3N3OS. The second kappa shape index (κ2) is 5.41. The summed E-state index contributed by atoms with van der Waals surface area (Å²) >= 11 is 7.90. The van der Waals surface area contributed by atoms with Crippen molar-refractivity contribution in [3.8, 4) is 5.75 Å². The maximum absolute atomic E-state index is 12.7. The van der Waals surface area contributed by atoms with Gasteiger partial charge in [-0.1, -0.05) is 22.0 Å². The van der Waals surface area contributed by atoms with E-state index in [9.17, 15) is 18.3 Å². The highest BCUT2D eigenvalue weighted by Crippen LogP contribution is 2.28. The molecule has 106 valence electrons. The molecule has 1 aromatic carbocycles. The molecule has 0 spiro atoms. The monoisotopic (exact) mass is 365 g/mol. The first kappa shape index (κ1) is 14.8. The van der Waals surface area contributed by atoms with Crippen LogP contribution in [0.15, 0.2) is 22.7 Å². The molecule has 0 bridgehead atoms. The third-order valence-electron chi connectivity index (χ3n) is 2.35. The minimum atomic E-state index is -4.63. The molecule has 2 N–H and O–H groups in total. The molecule has 0 atom stereocenters. The Balaban J connectivity index is 2.42. The first-order chi connectivity index (χ1) is 9.29. The minimum absolute atomic E-state index is 0.0702. The Bertz CT molecular complexity index is 720. The number of aromatic nitrogens is 3. The van der Waals surface area contributed by atoms with E-state index in [1.54, 1.807) is 12.1 Å². The number of alkyl halides is 3. The van der Waals surface area contributed by atoms with Crippen LogP contribution >= 0.6 is 28.1 Å². The van der Waals surface area contributed by atoms with Crippen LogP contribution in [0.2, 0.25) is 0 Å². The third-order valence-corrected chi connectivity index (χ3v) is 3.13. The van der Waals surface area contributed by atoms with E-state index in [4.69, 9.17) is 12.2 Å².